The smallest absolute Gasteiger partial charge is 0.334 e. The van der Waals surface area contributed by atoms with E-state index >= 15 is 0 Å². The van der Waals surface area contributed by atoms with Crippen molar-refractivity contribution in [3.63, 3.8) is 0 Å². The van der Waals surface area contributed by atoms with Crippen LogP contribution in [0.1, 0.15) is 16.7 Å². The van der Waals surface area contributed by atoms with Crippen molar-refractivity contribution >= 4 is 34.3 Å². The highest BCUT2D eigenvalue weighted by Crippen LogP contribution is 2.37. The summed E-state index contributed by atoms with van der Waals surface area (Å²) in [7, 11) is 0. The van der Waals surface area contributed by atoms with Gasteiger partial charge in [-0.1, -0.05) is 12.1 Å². The van der Waals surface area contributed by atoms with Crippen LogP contribution in [0.25, 0.3) is 0 Å². The Morgan fingerprint density at radius 2 is 1.50 bits per heavy atom. The highest BCUT2D eigenvalue weighted by molar-refractivity contribution is 14.1. The molecule has 0 saturated carbocycles. The normalized spacial score (nSPS) is 12.0. The number of carbonyl (C=O) groups excluding carboxylic acids is 1. The zero-order valence-corrected chi connectivity index (χ0v) is 15.0. The number of hydrogen-bond donors (Lipinski definition) is 2. The second kappa shape index (κ2) is 7.72. The van der Waals surface area contributed by atoms with Gasteiger partial charge in [-0.3, -0.25) is 0 Å². The molecule has 2 N–H and O–H groups in total. The van der Waals surface area contributed by atoms with Gasteiger partial charge in [0.05, 0.1) is 11.1 Å². The van der Waals surface area contributed by atoms with Gasteiger partial charge < -0.3 is 10.6 Å². The van der Waals surface area contributed by atoms with Gasteiger partial charge >= 0.3 is 18.4 Å². The molecule has 0 saturated heterocycles. The minimum absolute atomic E-state index is 0.00497. The fraction of sp³-hybridized carbons (Fsp3) is 0.188. The molecular weight excluding hydrogens is 477 g/mol. The third kappa shape index (κ3) is 5.78. The molecule has 2 amide bonds. The topological polar surface area (TPSA) is 41.1 Å². The number of alkyl halides is 6. The maximum Gasteiger partial charge on any atom is 0.416 e. The first-order valence-corrected chi connectivity index (χ1v) is 8.12. The maximum absolute atomic E-state index is 12.8. The van der Waals surface area contributed by atoms with Crippen molar-refractivity contribution < 1.29 is 31.1 Å². The van der Waals surface area contributed by atoms with Gasteiger partial charge in [0.1, 0.15) is 0 Å². The molecule has 26 heavy (non-hydrogen) atoms. The molecule has 0 aliphatic carbocycles. The molecule has 2 aromatic rings. The van der Waals surface area contributed by atoms with E-state index in [2.05, 4.69) is 27.9 Å². The van der Waals surface area contributed by atoms with E-state index in [1.54, 1.807) is 18.2 Å². The Labute approximate surface area is 157 Å². The van der Waals surface area contributed by atoms with Crippen molar-refractivity contribution in [2.45, 2.75) is 18.9 Å². The largest absolute Gasteiger partial charge is 0.416 e. The lowest BCUT2D eigenvalue weighted by Crippen LogP contribution is -2.28. The lowest BCUT2D eigenvalue weighted by molar-refractivity contribution is -0.143. The number of rotatable bonds is 3. The first-order valence-electron chi connectivity index (χ1n) is 7.04. The molecule has 0 radical (unpaired) electrons. The number of halogens is 7. The van der Waals surface area contributed by atoms with Gasteiger partial charge in [0, 0.05) is 15.8 Å². The predicted molar refractivity (Wildman–Crippen MR) is 91.5 cm³/mol. The van der Waals surface area contributed by atoms with Crippen LogP contribution in [0, 0.1) is 3.57 Å². The number of carbonyl (C=O) groups is 1. The average Bonchev–Trinajstić information content (AvgIpc) is 2.51. The van der Waals surface area contributed by atoms with Crippen molar-refractivity contribution in [2.75, 3.05) is 5.32 Å². The number of amides is 2. The van der Waals surface area contributed by atoms with E-state index in [0.29, 0.717) is 12.1 Å². The molecule has 0 aliphatic rings. The minimum Gasteiger partial charge on any atom is -0.334 e. The van der Waals surface area contributed by atoms with Gasteiger partial charge in [0.25, 0.3) is 0 Å². The van der Waals surface area contributed by atoms with E-state index in [-0.39, 0.29) is 12.6 Å². The summed E-state index contributed by atoms with van der Waals surface area (Å²) in [6.45, 7) is 0.0633. The third-order valence-corrected chi connectivity index (χ3v) is 3.86. The average molecular weight is 488 g/mol. The van der Waals surface area contributed by atoms with Crippen LogP contribution in [-0.2, 0) is 18.9 Å². The quantitative estimate of drug-likeness (QED) is 0.426. The SMILES string of the molecule is O=C(NCc1cccc(I)c1)Nc1cc(C(F)(F)F)cc(C(F)(F)F)c1. The molecule has 0 aromatic heterocycles. The van der Waals surface area contributed by atoms with Gasteiger partial charge in [-0.25, -0.2) is 4.79 Å². The molecule has 2 aromatic carbocycles. The zero-order valence-electron chi connectivity index (χ0n) is 12.8. The molecule has 0 unspecified atom stereocenters. The van der Waals surface area contributed by atoms with Gasteiger partial charge in [-0.15, -0.1) is 0 Å². The highest BCUT2D eigenvalue weighted by Gasteiger charge is 2.37. The molecule has 10 heteroatoms. The van der Waals surface area contributed by atoms with Gasteiger partial charge in [0.15, 0.2) is 0 Å². The van der Waals surface area contributed by atoms with Crippen LogP contribution in [0.15, 0.2) is 42.5 Å². The van der Waals surface area contributed by atoms with Crippen molar-refractivity contribution in [3.8, 4) is 0 Å². The van der Waals surface area contributed by atoms with Crippen LogP contribution in [-0.4, -0.2) is 6.03 Å². The Bertz CT molecular complexity index is 772. The van der Waals surface area contributed by atoms with E-state index in [4.69, 9.17) is 0 Å². The summed E-state index contributed by atoms with van der Waals surface area (Å²) in [6, 6.07) is 7.03. The Morgan fingerprint density at radius 1 is 0.923 bits per heavy atom. The summed E-state index contributed by atoms with van der Waals surface area (Å²) < 4.78 is 77.6. The summed E-state index contributed by atoms with van der Waals surface area (Å²) in [5, 5.41) is 4.38. The van der Waals surface area contributed by atoms with Crippen LogP contribution < -0.4 is 10.6 Å². The summed E-state index contributed by atoms with van der Waals surface area (Å²) in [5.74, 6) is 0. The number of urea groups is 1. The van der Waals surface area contributed by atoms with E-state index < -0.39 is 35.2 Å². The lowest BCUT2D eigenvalue weighted by Gasteiger charge is -2.15. The Balaban J connectivity index is 2.15. The van der Waals surface area contributed by atoms with E-state index in [9.17, 15) is 31.1 Å². The molecule has 140 valence electrons. The zero-order chi connectivity index (χ0) is 19.5. The molecular formula is C16H11F6IN2O. The molecule has 0 atom stereocenters. The maximum atomic E-state index is 12.8. The van der Waals surface area contributed by atoms with Crippen LogP contribution in [0.3, 0.4) is 0 Å². The number of anilines is 1. The molecule has 0 spiro atoms. The van der Waals surface area contributed by atoms with Crippen molar-refractivity contribution in [3.05, 3.63) is 62.7 Å². The Hall–Kier alpha value is -1.98. The van der Waals surface area contributed by atoms with Crippen LogP contribution in [0.5, 0.6) is 0 Å². The molecule has 0 heterocycles. The second-order valence-electron chi connectivity index (χ2n) is 5.23. The van der Waals surface area contributed by atoms with Gasteiger partial charge in [-0.05, 0) is 58.5 Å². The van der Waals surface area contributed by atoms with E-state index in [1.807, 2.05) is 11.4 Å². The van der Waals surface area contributed by atoms with Gasteiger partial charge in [-0.2, -0.15) is 26.3 Å². The van der Waals surface area contributed by atoms with Gasteiger partial charge in [0.2, 0.25) is 0 Å². The van der Waals surface area contributed by atoms with Crippen LogP contribution in [0.4, 0.5) is 36.8 Å². The van der Waals surface area contributed by atoms with E-state index in [1.165, 1.54) is 0 Å². The molecule has 0 fully saturated rings. The van der Waals surface area contributed by atoms with Crippen molar-refractivity contribution in [1.82, 2.24) is 5.32 Å². The lowest BCUT2D eigenvalue weighted by atomic mass is 10.1. The summed E-state index contributed by atoms with van der Waals surface area (Å²) in [6.07, 6.45) is -9.95. The standard InChI is InChI=1S/C16H11F6IN2O/c17-15(18,19)10-5-11(16(20,21)22)7-13(6-10)25-14(26)24-8-9-2-1-3-12(23)4-9/h1-7H,8H2,(H2,24,25,26). The van der Waals surface area contributed by atoms with Crippen molar-refractivity contribution in [1.29, 1.82) is 0 Å². The summed E-state index contributed by atoms with van der Waals surface area (Å²) in [4.78, 5) is 11.8. The summed E-state index contributed by atoms with van der Waals surface area (Å²) in [5.41, 5.74) is -2.88. The second-order valence-corrected chi connectivity index (χ2v) is 6.48. The minimum atomic E-state index is -4.98. The fourth-order valence-electron chi connectivity index (χ4n) is 2.03. The Morgan fingerprint density at radius 3 is 2.00 bits per heavy atom. The molecule has 0 aliphatic heterocycles. The summed E-state index contributed by atoms with van der Waals surface area (Å²) >= 11 is 2.06. The highest BCUT2D eigenvalue weighted by atomic mass is 127. The molecule has 3 nitrogen and oxygen atoms in total. The van der Waals surface area contributed by atoms with Crippen molar-refractivity contribution in [2.24, 2.45) is 0 Å². The van der Waals surface area contributed by atoms with E-state index in [0.717, 1.165) is 9.13 Å². The van der Waals surface area contributed by atoms with Crippen LogP contribution >= 0.6 is 22.6 Å². The fourth-order valence-corrected chi connectivity index (χ4v) is 2.64. The monoisotopic (exact) mass is 488 g/mol. The molecule has 0 bridgehead atoms. The predicted octanol–water partition coefficient (Wildman–Crippen LogP) is 5.65. The third-order valence-electron chi connectivity index (χ3n) is 3.19. The first-order chi connectivity index (χ1) is 11.9. The number of nitrogens with one attached hydrogen (secondary N) is 2. The number of hydrogen-bond acceptors (Lipinski definition) is 1. The first kappa shape index (κ1) is 20.3. The Kier molecular flexibility index (Phi) is 6.04. The van der Waals surface area contributed by atoms with Crippen LogP contribution in [0.2, 0.25) is 0 Å². The molecule has 2 rings (SSSR count). The number of benzene rings is 2.